The van der Waals surface area contributed by atoms with Crippen LogP contribution in [0.1, 0.15) is 80.1 Å². The zero-order valence-electron chi connectivity index (χ0n) is 17.2. The fourth-order valence-corrected chi connectivity index (χ4v) is 3.80. The van der Waals surface area contributed by atoms with E-state index in [0.29, 0.717) is 0 Å². The van der Waals surface area contributed by atoms with Crippen molar-refractivity contribution in [2.24, 2.45) is 35.5 Å². The first kappa shape index (κ1) is 21.3. The van der Waals surface area contributed by atoms with E-state index in [4.69, 9.17) is 0 Å². The van der Waals surface area contributed by atoms with Crippen LogP contribution in [0.4, 0.5) is 0 Å². The second kappa shape index (κ2) is 11.7. The SMILES string of the molecule is CC1C=CC(C)CC1.CC1C=CCC(C)C1.CC1C=CC[C@@H](C)C1. The van der Waals surface area contributed by atoms with E-state index >= 15 is 0 Å². The molecule has 0 aromatic rings. The van der Waals surface area contributed by atoms with Crippen LogP contribution in [-0.2, 0) is 0 Å². The first-order valence-electron chi connectivity index (χ1n) is 10.4. The summed E-state index contributed by atoms with van der Waals surface area (Å²) in [6.45, 7) is 13.8. The predicted molar refractivity (Wildman–Crippen MR) is 110 cm³/mol. The summed E-state index contributed by atoms with van der Waals surface area (Å²) in [6, 6.07) is 0. The Morgan fingerprint density at radius 1 is 0.500 bits per heavy atom. The molecule has 0 heterocycles. The van der Waals surface area contributed by atoms with Gasteiger partial charge in [0.25, 0.3) is 0 Å². The molecule has 6 atom stereocenters. The van der Waals surface area contributed by atoms with Gasteiger partial charge in [0, 0.05) is 0 Å². The highest BCUT2D eigenvalue weighted by atomic mass is 14.1. The molecule has 3 rings (SSSR count). The van der Waals surface area contributed by atoms with E-state index < -0.39 is 0 Å². The summed E-state index contributed by atoms with van der Waals surface area (Å²) >= 11 is 0. The first-order chi connectivity index (χ1) is 11.4. The highest BCUT2D eigenvalue weighted by Gasteiger charge is 2.09. The van der Waals surface area contributed by atoms with E-state index in [1.165, 1.54) is 38.5 Å². The fourth-order valence-electron chi connectivity index (χ4n) is 3.80. The number of hydrogen-bond donors (Lipinski definition) is 0. The Morgan fingerprint density at radius 3 is 1.08 bits per heavy atom. The van der Waals surface area contributed by atoms with Crippen molar-refractivity contribution >= 4 is 0 Å². The first-order valence-corrected chi connectivity index (χ1v) is 10.4. The Kier molecular flexibility index (Phi) is 10.4. The molecule has 0 amide bonds. The zero-order valence-corrected chi connectivity index (χ0v) is 17.2. The Hall–Kier alpha value is -0.780. The maximum atomic E-state index is 2.33. The molecule has 0 radical (unpaired) electrons. The summed E-state index contributed by atoms with van der Waals surface area (Å²) in [4.78, 5) is 0. The summed E-state index contributed by atoms with van der Waals surface area (Å²) < 4.78 is 0. The third-order valence-electron chi connectivity index (χ3n) is 5.40. The van der Waals surface area contributed by atoms with Crippen LogP contribution >= 0.6 is 0 Å². The molecule has 0 saturated heterocycles. The maximum Gasteiger partial charge on any atom is -0.0259 e. The van der Waals surface area contributed by atoms with Crippen molar-refractivity contribution < 1.29 is 0 Å². The van der Waals surface area contributed by atoms with Gasteiger partial charge in [-0.05, 0) is 74.0 Å². The average molecular weight is 331 g/mol. The molecule has 5 unspecified atom stereocenters. The van der Waals surface area contributed by atoms with Crippen LogP contribution in [-0.4, -0.2) is 0 Å². The van der Waals surface area contributed by atoms with Crippen molar-refractivity contribution in [1.29, 1.82) is 0 Å². The highest BCUT2D eigenvalue weighted by molar-refractivity contribution is 4.95. The smallest absolute Gasteiger partial charge is 0.0259 e. The van der Waals surface area contributed by atoms with Crippen molar-refractivity contribution in [3.8, 4) is 0 Å². The Labute approximate surface area is 152 Å². The molecule has 3 aliphatic carbocycles. The topological polar surface area (TPSA) is 0 Å². The average Bonchev–Trinajstić information content (AvgIpc) is 2.51. The molecule has 138 valence electrons. The second-order valence-corrected chi connectivity index (χ2v) is 8.88. The molecule has 0 nitrogen and oxygen atoms in total. The number of hydrogen-bond acceptors (Lipinski definition) is 0. The van der Waals surface area contributed by atoms with Gasteiger partial charge in [0.05, 0.1) is 0 Å². The Morgan fingerprint density at radius 2 is 0.875 bits per heavy atom. The van der Waals surface area contributed by atoms with Gasteiger partial charge in [-0.1, -0.05) is 78.0 Å². The summed E-state index contributed by atoms with van der Waals surface area (Å²) in [7, 11) is 0. The minimum atomic E-state index is 0.832. The van der Waals surface area contributed by atoms with Crippen LogP contribution in [0.15, 0.2) is 36.5 Å². The van der Waals surface area contributed by atoms with Crippen molar-refractivity contribution in [3.05, 3.63) is 36.5 Å². The molecular weight excluding hydrogens is 288 g/mol. The van der Waals surface area contributed by atoms with E-state index in [-0.39, 0.29) is 0 Å². The summed E-state index contributed by atoms with van der Waals surface area (Å²) in [5.41, 5.74) is 0. The standard InChI is InChI=1S/3C8H14/c1-7-3-5-8(2)6-4-7;2*1-7-4-3-5-8(2)6-7/h3,5,7-8H,4,6H2,1-2H3;2*3-4,7-8H,5-6H2,1-2H3/t;7?,8-;/m.1./s1. The van der Waals surface area contributed by atoms with Gasteiger partial charge in [0.1, 0.15) is 0 Å². The minimum absolute atomic E-state index is 0.832. The van der Waals surface area contributed by atoms with Gasteiger partial charge in [-0.15, -0.1) is 0 Å². The van der Waals surface area contributed by atoms with E-state index in [9.17, 15) is 0 Å². The van der Waals surface area contributed by atoms with Crippen LogP contribution in [0, 0.1) is 35.5 Å². The lowest BCUT2D eigenvalue weighted by atomic mass is 9.89. The fraction of sp³-hybridized carbons (Fsp3) is 0.750. The maximum absolute atomic E-state index is 2.33. The van der Waals surface area contributed by atoms with Gasteiger partial charge < -0.3 is 0 Å². The normalized spacial score (nSPS) is 37.8. The van der Waals surface area contributed by atoms with Crippen molar-refractivity contribution in [3.63, 3.8) is 0 Å². The Bertz CT molecular complexity index is 362. The predicted octanol–water partition coefficient (Wildman–Crippen LogP) is 7.83. The monoisotopic (exact) mass is 330 g/mol. The van der Waals surface area contributed by atoms with E-state index in [2.05, 4.69) is 78.0 Å². The van der Waals surface area contributed by atoms with Crippen LogP contribution in [0.2, 0.25) is 0 Å². The third-order valence-corrected chi connectivity index (χ3v) is 5.40. The molecule has 0 aromatic carbocycles. The van der Waals surface area contributed by atoms with Crippen LogP contribution in [0.5, 0.6) is 0 Å². The molecular formula is C24H42. The lowest BCUT2D eigenvalue weighted by Gasteiger charge is -2.16. The van der Waals surface area contributed by atoms with E-state index in [1.807, 2.05) is 0 Å². The largest absolute Gasteiger partial charge is 0.0880 e. The van der Waals surface area contributed by atoms with Gasteiger partial charge >= 0.3 is 0 Å². The van der Waals surface area contributed by atoms with Crippen LogP contribution in [0.3, 0.4) is 0 Å². The van der Waals surface area contributed by atoms with Gasteiger partial charge in [-0.3, -0.25) is 0 Å². The van der Waals surface area contributed by atoms with Gasteiger partial charge in [0.2, 0.25) is 0 Å². The zero-order chi connectivity index (χ0) is 17.9. The quantitative estimate of drug-likeness (QED) is 0.397. The summed E-state index contributed by atoms with van der Waals surface area (Å²) in [6.07, 6.45) is 22.0. The molecule has 0 aliphatic heterocycles. The van der Waals surface area contributed by atoms with Crippen molar-refractivity contribution in [2.75, 3.05) is 0 Å². The number of allylic oxidation sites excluding steroid dienone is 6. The lowest BCUT2D eigenvalue weighted by Crippen LogP contribution is -2.04. The summed E-state index contributed by atoms with van der Waals surface area (Å²) in [5.74, 6) is 5.19. The van der Waals surface area contributed by atoms with E-state index in [0.717, 1.165) is 35.5 Å². The summed E-state index contributed by atoms with van der Waals surface area (Å²) in [5, 5.41) is 0. The molecule has 0 spiro atoms. The molecule has 0 saturated carbocycles. The van der Waals surface area contributed by atoms with Gasteiger partial charge in [-0.2, -0.15) is 0 Å². The molecule has 0 heteroatoms. The number of rotatable bonds is 0. The van der Waals surface area contributed by atoms with Crippen molar-refractivity contribution in [1.82, 2.24) is 0 Å². The molecule has 3 aliphatic rings. The van der Waals surface area contributed by atoms with Crippen LogP contribution < -0.4 is 0 Å². The minimum Gasteiger partial charge on any atom is -0.0880 e. The third kappa shape index (κ3) is 10.2. The lowest BCUT2D eigenvalue weighted by molar-refractivity contribution is 0.449. The molecule has 0 N–H and O–H groups in total. The van der Waals surface area contributed by atoms with Gasteiger partial charge in [-0.25, -0.2) is 0 Å². The van der Waals surface area contributed by atoms with Gasteiger partial charge in [0.15, 0.2) is 0 Å². The van der Waals surface area contributed by atoms with Crippen LogP contribution in [0.25, 0.3) is 0 Å². The molecule has 0 aromatic heterocycles. The molecule has 0 bridgehead atoms. The molecule has 0 fully saturated rings. The highest BCUT2D eigenvalue weighted by Crippen LogP contribution is 2.22. The Balaban J connectivity index is 0.000000180. The molecule has 24 heavy (non-hydrogen) atoms. The second-order valence-electron chi connectivity index (χ2n) is 8.88. The van der Waals surface area contributed by atoms with Crippen molar-refractivity contribution in [2.45, 2.75) is 80.1 Å². The van der Waals surface area contributed by atoms with E-state index in [1.54, 1.807) is 0 Å².